The molecule has 0 saturated heterocycles. The molecular formula is C10H24N6. The third-order valence-electron chi connectivity index (χ3n) is 2.43. The predicted molar refractivity (Wildman–Crippen MR) is 64.8 cm³/mol. The molecular weight excluding hydrogens is 204 g/mol. The fourth-order valence-corrected chi connectivity index (χ4v) is 1.54. The standard InChI is InChI=1S/C10H24N6/c11-15-13-9-7-5-3-1-2-4-6-8-10-14-16-12/h1-10H2,(H2,11,13)(H2,12,14). The molecule has 6 heteroatoms. The topological polar surface area (TPSA) is 101 Å². The van der Waals surface area contributed by atoms with Gasteiger partial charge >= 0.3 is 0 Å². The second-order valence-corrected chi connectivity index (χ2v) is 3.79. The van der Waals surface area contributed by atoms with Crippen LogP contribution in [0.5, 0.6) is 0 Å². The van der Waals surface area contributed by atoms with E-state index in [0.29, 0.717) is 0 Å². The van der Waals surface area contributed by atoms with Crippen molar-refractivity contribution in [3.05, 3.63) is 0 Å². The Labute approximate surface area is 97.5 Å². The Morgan fingerprint density at radius 2 is 0.812 bits per heavy atom. The highest BCUT2D eigenvalue weighted by molar-refractivity contribution is 4.48. The van der Waals surface area contributed by atoms with Crippen molar-refractivity contribution in [2.45, 2.75) is 51.4 Å². The van der Waals surface area contributed by atoms with E-state index in [-0.39, 0.29) is 0 Å². The Hall–Kier alpha value is -1.20. The molecule has 0 aromatic heterocycles. The lowest BCUT2D eigenvalue weighted by Crippen LogP contribution is -1.86. The summed E-state index contributed by atoms with van der Waals surface area (Å²) in [7, 11) is 0. The Morgan fingerprint density at radius 1 is 0.500 bits per heavy atom. The molecule has 94 valence electrons. The first-order chi connectivity index (χ1) is 7.91. The lowest BCUT2D eigenvalue weighted by atomic mass is 10.1. The van der Waals surface area contributed by atoms with Crippen LogP contribution in [-0.4, -0.2) is 13.1 Å². The van der Waals surface area contributed by atoms with Gasteiger partial charge in [-0.05, 0) is 12.8 Å². The van der Waals surface area contributed by atoms with Gasteiger partial charge in [0.25, 0.3) is 0 Å². The third kappa shape index (κ3) is 12.8. The van der Waals surface area contributed by atoms with Crippen LogP contribution in [0, 0.1) is 0 Å². The lowest BCUT2D eigenvalue weighted by molar-refractivity contribution is 0.567. The number of nitrogens with two attached hydrogens (primary N) is 2. The highest BCUT2D eigenvalue weighted by Crippen LogP contribution is 2.08. The molecule has 6 nitrogen and oxygen atoms in total. The number of rotatable bonds is 11. The molecule has 0 fully saturated rings. The molecule has 0 rings (SSSR count). The third-order valence-corrected chi connectivity index (χ3v) is 2.43. The zero-order valence-electron chi connectivity index (χ0n) is 10.0. The van der Waals surface area contributed by atoms with Crippen LogP contribution in [0.4, 0.5) is 0 Å². The number of hydrogen-bond acceptors (Lipinski definition) is 4. The van der Waals surface area contributed by atoms with E-state index in [0.717, 1.165) is 25.9 Å². The molecule has 0 aliphatic rings. The molecule has 0 aliphatic carbocycles. The van der Waals surface area contributed by atoms with Crippen LogP contribution in [-0.2, 0) is 0 Å². The lowest BCUT2D eigenvalue weighted by Gasteiger charge is -2.00. The molecule has 4 N–H and O–H groups in total. The van der Waals surface area contributed by atoms with Crippen molar-refractivity contribution in [1.82, 2.24) is 0 Å². The zero-order valence-corrected chi connectivity index (χ0v) is 10.0. The van der Waals surface area contributed by atoms with E-state index in [2.05, 4.69) is 20.7 Å². The van der Waals surface area contributed by atoms with Crippen LogP contribution < -0.4 is 11.7 Å². The summed E-state index contributed by atoms with van der Waals surface area (Å²) in [6.07, 6.45) is 9.80. The second kappa shape index (κ2) is 13.8. The van der Waals surface area contributed by atoms with E-state index in [4.69, 9.17) is 11.7 Å². The van der Waals surface area contributed by atoms with Gasteiger partial charge in [0, 0.05) is 0 Å². The molecule has 0 spiro atoms. The van der Waals surface area contributed by atoms with Crippen LogP contribution in [0.1, 0.15) is 51.4 Å². The van der Waals surface area contributed by atoms with Gasteiger partial charge in [0.2, 0.25) is 0 Å². The van der Waals surface area contributed by atoms with Crippen LogP contribution >= 0.6 is 0 Å². The Bertz CT molecular complexity index is 160. The minimum absolute atomic E-state index is 0.764. The molecule has 0 atom stereocenters. The highest BCUT2D eigenvalue weighted by Gasteiger charge is 1.92. The molecule has 0 aliphatic heterocycles. The minimum Gasteiger partial charge on any atom is -0.305 e. The van der Waals surface area contributed by atoms with Crippen LogP contribution in [0.2, 0.25) is 0 Å². The Kier molecular flexibility index (Phi) is 12.8. The van der Waals surface area contributed by atoms with Crippen molar-refractivity contribution >= 4 is 0 Å². The van der Waals surface area contributed by atoms with Crippen LogP contribution in [0.3, 0.4) is 0 Å². The first kappa shape index (κ1) is 14.8. The van der Waals surface area contributed by atoms with Crippen molar-refractivity contribution in [3.8, 4) is 0 Å². The van der Waals surface area contributed by atoms with E-state index in [1.807, 2.05) is 0 Å². The van der Waals surface area contributed by atoms with Gasteiger partial charge in [-0.1, -0.05) is 49.0 Å². The van der Waals surface area contributed by atoms with Crippen LogP contribution in [0.25, 0.3) is 0 Å². The molecule has 0 radical (unpaired) electrons. The zero-order chi connectivity index (χ0) is 11.9. The molecule has 0 amide bonds. The molecule has 16 heavy (non-hydrogen) atoms. The largest absolute Gasteiger partial charge is 0.305 e. The van der Waals surface area contributed by atoms with Gasteiger partial charge in [-0.3, -0.25) is 0 Å². The van der Waals surface area contributed by atoms with Crippen molar-refractivity contribution < 1.29 is 0 Å². The monoisotopic (exact) mass is 228 g/mol. The van der Waals surface area contributed by atoms with Gasteiger partial charge < -0.3 is 11.7 Å². The van der Waals surface area contributed by atoms with Crippen molar-refractivity contribution in [2.24, 2.45) is 32.4 Å². The SMILES string of the molecule is NN=NCCCCCCCCCCN=NN. The maximum atomic E-state index is 4.90. The highest BCUT2D eigenvalue weighted by atomic mass is 15.3. The van der Waals surface area contributed by atoms with Crippen molar-refractivity contribution in [1.29, 1.82) is 0 Å². The smallest absolute Gasteiger partial charge is 0.0620 e. The first-order valence-corrected chi connectivity index (χ1v) is 6.05. The summed E-state index contributed by atoms with van der Waals surface area (Å²) in [5.41, 5.74) is 0. The number of nitrogens with zero attached hydrogens (tertiary/aromatic N) is 4. The van der Waals surface area contributed by atoms with Gasteiger partial charge in [0.15, 0.2) is 0 Å². The summed E-state index contributed by atoms with van der Waals surface area (Å²) in [6.45, 7) is 1.53. The van der Waals surface area contributed by atoms with E-state index in [9.17, 15) is 0 Å². The molecule has 0 heterocycles. The molecule has 0 unspecified atom stereocenters. The summed E-state index contributed by atoms with van der Waals surface area (Å²) in [6, 6.07) is 0. The summed E-state index contributed by atoms with van der Waals surface area (Å²) in [5.74, 6) is 9.79. The van der Waals surface area contributed by atoms with E-state index in [1.54, 1.807) is 0 Å². The summed E-state index contributed by atoms with van der Waals surface area (Å²) in [4.78, 5) is 0. The molecule has 0 bridgehead atoms. The van der Waals surface area contributed by atoms with Crippen molar-refractivity contribution in [2.75, 3.05) is 13.1 Å². The van der Waals surface area contributed by atoms with Crippen molar-refractivity contribution in [3.63, 3.8) is 0 Å². The molecule has 0 aromatic rings. The Morgan fingerprint density at radius 3 is 1.12 bits per heavy atom. The first-order valence-electron chi connectivity index (χ1n) is 6.05. The average Bonchev–Trinajstić information content (AvgIpc) is 2.31. The summed E-state index contributed by atoms with van der Waals surface area (Å²) in [5, 5.41) is 13.9. The maximum Gasteiger partial charge on any atom is 0.0620 e. The fourth-order valence-electron chi connectivity index (χ4n) is 1.54. The summed E-state index contributed by atoms with van der Waals surface area (Å²) >= 11 is 0. The maximum absolute atomic E-state index is 4.90. The minimum atomic E-state index is 0.764. The molecule has 0 aromatic carbocycles. The van der Waals surface area contributed by atoms with Gasteiger partial charge in [0.1, 0.15) is 0 Å². The number of hydrogen-bond donors (Lipinski definition) is 2. The van der Waals surface area contributed by atoms with Gasteiger partial charge in [0.05, 0.1) is 13.1 Å². The second-order valence-electron chi connectivity index (χ2n) is 3.79. The van der Waals surface area contributed by atoms with Gasteiger partial charge in [-0.15, -0.1) is 0 Å². The normalized spacial score (nSPS) is 11.8. The molecule has 0 saturated carbocycles. The fraction of sp³-hybridized carbons (Fsp3) is 1.00. The summed E-state index contributed by atoms with van der Waals surface area (Å²) < 4.78 is 0. The van der Waals surface area contributed by atoms with Gasteiger partial charge in [-0.25, -0.2) is 0 Å². The average molecular weight is 228 g/mol. The van der Waals surface area contributed by atoms with Crippen LogP contribution in [0.15, 0.2) is 20.7 Å². The quantitative estimate of drug-likeness (QED) is 0.246. The Balaban J connectivity index is 2.93. The number of unbranched alkanes of at least 4 members (excludes halogenated alkanes) is 7. The van der Waals surface area contributed by atoms with Gasteiger partial charge in [-0.2, -0.15) is 10.2 Å². The van der Waals surface area contributed by atoms with E-state index < -0.39 is 0 Å². The van der Waals surface area contributed by atoms with E-state index >= 15 is 0 Å². The van der Waals surface area contributed by atoms with E-state index in [1.165, 1.54) is 38.5 Å². The predicted octanol–water partition coefficient (Wildman–Crippen LogP) is 2.76.